The number of carbonyl (C=O) groups is 3. The van der Waals surface area contributed by atoms with Crippen LogP contribution in [0.15, 0.2) is 24.4 Å². The molecule has 1 aliphatic rings. The number of nitriles is 1. The second-order valence-corrected chi connectivity index (χ2v) is 11.9. The van der Waals surface area contributed by atoms with Crippen molar-refractivity contribution in [2.24, 2.45) is 5.41 Å². The molecule has 3 rings (SSSR count). The molecule has 0 spiro atoms. The molecule has 2 amide bonds. The standard InChI is InChI=1S/C29H31F4N5O5S/c1-16-11-18(13-35-24(16)43-10-9-42-15-21(40)36-20(14-39)27(2,3)4)38-26(44)37(25(41)28(38,5)6)19-8-7-17(12-34)22(23(19)30)29(31,32)33/h7-8,11,13-14,20H,9-10,15H2,1-6H3,(H,36,40). The number of amides is 2. The van der Waals surface area contributed by atoms with Crippen LogP contribution in [0.1, 0.15) is 51.3 Å². The number of rotatable bonds is 10. The summed E-state index contributed by atoms with van der Waals surface area (Å²) in [7, 11) is 0. The largest absolute Gasteiger partial charge is 0.475 e. The van der Waals surface area contributed by atoms with Gasteiger partial charge in [-0.15, -0.1) is 0 Å². The van der Waals surface area contributed by atoms with Gasteiger partial charge in [-0.1, -0.05) is 20.8 Å². The molecule has 1 fully saturated rings. The van der Waals surface area contributed by atoms with Gasteiger partial charge in [0.1, 0.15) is 30.6 Å². The number of halogens is 4. The normalized spacial score (nSPS) is 15.7. The number of hydrogen-bond acceptors (Lipinski definition) is 8. The smallest absolute Gasteiger partial charge is 0.420 e. The molecule has 236 valence electrons. The van der Waals surface area contributed by atoms with E-state index in [0.29, 0.717) is 22.4 Å². The number of nitrogens with zero attached hydrogens (tertiary/aromatic N) is 4. The quantitative estimate of drug-likeness (QED) is 0.174. The number of aryl methyl sites for hydroxylation is 1. The first kappa shape index (κ1) is 34.3. The molecule has 0 aliphatic carbocycles. The molecular formula is C29H31F4N5O5S. The summed E-state index contributed by atoms with van der Waals surface area (Å²) in [6.07, 6.45) is -3.19. The van der Waals surface area contributed by atoms with E-state index < -0.39 is 57.6 Å². The number of ether oxygens (including phenoxy) is 2. The fraction of sp³-hybridized carbons (Fsp3) is 0.448. The summed E-state index contributed by atoms with van der Waals surface area (Å²) in [5, 5.41) is 11.4. The Kier molecular flexibility index (Phi) is 10.0. The van der Waals surface area contributed by atoms with Crippen molar-refractivity contribution in [1.29, 1.82) is 5.26 Å². The zero-order valence-corrected chi connectivity index (χ0v) is 25.7. The predicted molar refractivity (Wildman–Crippen MR) is 155 cm³/mol. The summed E-state index contributed by atoms with van der Waals surface area (Å²) in [5.74, 6) is -2.84. The zero-order chi connectivity index (χ0) is 33.2. The van der Waals surface area contributed by atoms with Gasteiger partial charge in [-0.05, 0) is 56.6 Å². The number of carbonyl (C=O) groups excluding carboxylic acids is 3. The van der Waals surface area contributed by atoms with Crippen molar-refractivity contribution >= 4 is 46.8 Å². The second-order valence-electron chi connectivity index (χ2n) is 11.5. The Morgan fingerprint density at radius 2 is 1.91 bits per heavy atom. The highest BCUT2D eigenvalue weighted by Gasteiger charge is 2.52. The van der Waals surface area contributed by atoms with Gasteiger partial charge in [0.2, 0.25) is 11.8 Å². The van der Waals surface area contributed by atoms with Crippen molar-refractivity contribution < 1.29 is 41.4 Å². The van der Waals surface area contributed by atoms with Gasteiger partial charge < -0.3 is 24.5 Å². The Labute approximate surface area is 256 Å². The van der Waals surface area contributed by atoms with E-state index in [9.17, 15) is 27.6 Å². The molecule has 10 nitrogen and oxygen atoms in total. The minimum atomic E-state index is -5.19. The Hall–Kier alpha value is -4.16. The highest BCUT2D eigenvalue weighted by Crippen LogP contribution is 2.42. The minimum absolute atomic E-state index is 0.0240. The van der Waals surface area contributed by atoms with E-state index in [4.69, 9.17) is 27.0 Å². The first-order valence-electron chi connectivity index (χ1n) is 13.3. The summed E-state index contributed by atoms with van der Waals surface area (Å²) in [5.41, 5.74) is -4.55. The third-order valence-electron chi connectivity index (χ3n) is 6.79. The lowest BCUT2D eigenvalue weighted by Gasteiger charge is -2.29. The van der Waals surface area contributed by atoms with Gasteiger partial charge in [-0.25, -0.2) is 9.37 Å². The topological polar surface area (TPSA) is 125 Å². The van der Waals surface area contributed by atoms with Gasteiger partial charge >= 0.3 is 6.18 Å². The number of anilines is 2. The fourth-order valence-corrected chi connectivity index (χ4v) is 4.92. The summed E-state index contributed by atoms with van der Waals surface area (Å²) >= 11 is 5.45. The molecule has 1 aromatic heterocycles. The zero-order valence-electron chi connectivity index (χ0n) is 24.8. The van der Waals surface area contributed by atoms with Crippen molar-refractivity contribution in [3.8, 4) is 11.9 Å². The van der Waals surface area contributed by atoms with Gasteiger partial charge in [-0.3, -0.25) is 14.5 Å². The lowest BCUT2D eigenvalue weighted by atomic mass is 9.88. The van der Waals surface area contributed by atoms with Crippen LogP contribution in [0.3, 0.4) is 0 Å². The summed E-state index contributed by atoms with van der Waals surface area (Å²) < 4.78 is 67.0. The van der Waals surface area contributed by atoms with Gasteiger partial charge in [0.15, 0.2) is 10.9 Å². The molecule has 1 N–H and O–H groups in total. The van der Waals surface area contributed by atoms with Crippen molar-refractivity contribution in [3.05, 3.63) is 46.9 Å². The van der Waals surface area contributed by atoms with Crippen LogP contribution < -0.4 is 19.9 Å². The molecule has 0 saturated carbocycles. The van der Waals surface area contributed by atoms with E-state index in [1.54, 1.807) is 13.0 Å². The van der Waals surface area contributed by atoms with Crippen molar-refractivity contribution in [2.45, 2.75) is 59.3 Å². The number of benzene rings is 1. The van der Waals surface area contributed by atoms with Crippen LogP contribution in [0.2, 0.25) is 0 Å². The van der Waals surface area contributed by atoms with E-state index in [1.165, 1.54) is 31.0 Å². The molecule has 0 bridgehead atoms. The first-order chi connectivity index (χ1) is 20.4. The molecule has 1 saturated heterocycles. The average Bonchev–Trinajstić information content (AvgIpc) is 3.09. The van der Waals surface area contributed by atoms with E-state index in [-0.39, 0.29) is 30.8 Å². The van der Waals surface area contributed by atoms with Crippen LogP contribution in [0.25, 0.3) is 0 Å². The molecule has 2 heterocycles. The van der Waals surface area contributed by atoms with Crippen molar-refractivity contribution in [1.82, 2.24) is 10.3 Å². The Morgan fingerprint density at radius 1 is 1.25 bits per heavy atom. The Balaban J connectivity index is 1.73. The van der Waals surface area contributed by atoms with Crippen molar-refractivity contribution in [2.75, 3.05) is 29.6 Å². The highest BCUT2D eigenvalue weighted by molar-refractivity contribution is 7.81. The fourth-order valence-electron chi connectivity index (χ4n) is 4.40. The average molecular weight is 638 g/mol. The molecule has 1 aliphatic heterocycles. The van der Waals surface area contributed by atoms with E-state index in [0.717, 1.165) is 12.1 Å². The van der Waals surface area contributed by atoms with Crippen LogP contribution in [0.5, 0.6) is 5.88 Å². The molecule has 1 unspecified atom stereocenters. The SMILES string of the molecule is Cc1cc(N2C(=S)N(c3ccc(C#N)c(C(F)(F)F)c3F)C(=O)C2(C)C)cnc1OCCOCC(=O)NC(C=O)C(C)(C)C. The van der Waals surface area contributed by atoms with Crippen LogP contribution in [0.4, 0.5) is 28.9 Å². The number of aldehydes is 1. The molecule has 44 heavy (non-hydrogen) atoms. The number of aromatic nitrogens is 1. The maximum absolute atomic E-state index is 15.2. The van der Waals surface area contributed by atoms with Gasteiger partial charge in [-0.2, -0.15) is 18.4 Å². The number of hydrogen-bond donors (Lipinski definition) is 1. The second kappa shape index (κ2) is 12.8. The van der Waals surface area contributed by atoms with Crippen LogP contribution in [-0.2, 0) is 25.3 Å². The predicted octanol–water partition coefficient (Wildman–Crippen LogP) is 4.46. The maximum atomic E-state index is 15.2. The van der Waals surface area contributed by atoms with Crippen LogP contribution >= 0.6 is 12.2 Å². The molecule has 2 aromatic rings. The van der Waals surface area contributed by atoms with Crippen molar-refractivity contribution in [3.63, 3.8) is 0 Å². The van der Waals surface area contributed by atoms with Crippen LogP contribution in [-0.4, -0.2) is 59.6 Å². The first-order valence-corrected chi connectivity index (χ1v) is 13.7. The molecule has 1 aromatic carbocycles. The van der Waals surface area contributed by atoms with E-state index >= 15 is 4.39 Å². The molecule has 1 atom stereocenters. The van der Waals surface area contributed by atoms with Gasteiger partial charge in [0.25, 0.3) is 5.91 Å². The van der Waals surface area contributed by atoms with E-state index in [2.05, 4.69) is 10.3 Å². The van der Waals surface area contributed by atoms with Gasteiger partial charge in [0.05, 0.1) is 41.9 Å². The van der Waals surface area contributed by atoms with E-state index in [1.807, 2.05) is 20.8 Å². The monoisotopic (exact) mass is 637 g/mol. The lowest BCUT2D eigenvalue weighted by molar-refractivity contribution is -0.140. The molecule has 0 radical (unpaired) electrons. The Bertz CT molecular complexity index is 1520. The number of pyridine rings is 1. The number of nitrogens with one attached hydrogen (secondary N) is 1. The summed E-state index contributed by atoms with van der Waals surface area (Å²) in [6, 6.07) is 3.93. The number of thiocarbonyl (C=S) groups is 1. The third-order valence-corrected chi connectivity index (χ3v) is 7.16. The van der Waals surface area contributed by atoms with Gasteiger partial charge in [0, 0.05) is 5.56 Å². The maximum Gasteiger partial charge on any atom is 0.420 e. The lowest BCUT2D eigenvalue weighted by Crippen LogP contribution is -2.46. The number of alkyl halides is 3. The highest BCUT2D eigenvalue weighted by atomic mass is 32.1. The summed E-state index contributed by atoms with van der Waals surface area (Å²) in [4.78, 5) is 42.9. The molecule has 15 heteroatoms. The Morgan fingerprint density at radius 3 is 2.45 bits per heavy atom. The van der Waals surface area contributed by atoms with Crippen LogP contribution in [0, 0.1) is 29.5 Å². The molecular weight excluding hydrogens is 606 g/mol. The minimum Gasteiger partial charge on any atom is -0.475 e. The summed E-state index contributed by atoms with van der Waals surface area (Å²) in [6.45, 7) is 9.82. The third kappa shape index (κ3) is 6.97.